The maximum atomic E-state index is 9.69. The summed E-state index contributed by atoms with van der Waals surface area (Å²) in [6.45, 7) is 0.155. The summed E-state index contributed by atoms with van der Waals surface area (Å²) >= 11 is 0. The number of hydrogen-bond acceptors (Lipinski definition) is 5. The van der Waals surface area contributed by atoms with Gasteiger partial charge in [-0.15, -0.1) is 0 Å². The molecular formula is C13H18N2O3. The van der Waals surface area contributed by atoms with Gasteiger partial charge in [0.1, 0.15) is 12.2 Å². The average molecular weight is 250 g/mol. The van der Waals surface area contributed by atoms with E-state index in [9.17, 15) is 10.2 Å². The zero-order chi connectivity index (χ0) is 13.5. The van der Waals surface area contributed by atoms with Crippen LogP contribution in [0.2, 0.25) is 0 Å². The number of nitriles is 1. The Morgan fingerprint density at radius 2 is 1.89 bits per heavy atom. The molecule has 0 aliphatic heterocycles. The molecule has 0 aromatic heterocycles. The van der Waals surface area contributed by atoms with E-state index in [1.54, 1.807) is 24.3 Å². The molecule has 0 saturated carbocycles. The van der Waals surface area contributed by atoms with Gasteiger partial charge in [0, 0.05) is 19.3 Å². The van der Waals surface area contributed by atoms with Gasteiger partial charge in [0.15, 0.2) is 0 Å². The van der Waals surface area contributed by atoms with Crippen LogP contribution in [0.3, 0.4) is 0 Å². The van der Waals surface area contributed by atoms with Crippen LogP contribution in [0.4, 0.5) is 5.69 Å². The summed E-state index contributed by atoms with van der Waals surface area (Å²) in [4.78, 5) is 1.93. The molecule has 98 valence electrons. The van der Waals surface area contributed by atoms with Crippen molar-refractivity contribution in [3.63, 3.8) is 0 Å². The summed E-state index contributed by atoms with van der Waals surface area (Å²) in [5.74, 6) is 0. The van der Waals surface area contributed by atoms with Crippen LogP contribution in [0.1, 0.15) is 18.1 Å². The molecule has 0 bridgehead atoms. The summed E-state index contributed by atoms with van der Waals surface area (Å²) < 4.78 is 0. The Bertz CT molecular complexity index is 400. The predicted octanol–water partition coefficient (Wildman–Crippen LogP) is 0.423. The fraction of sp³-hybridized carbons (Fsp3) is 0.462. The second kappa shape index (κ2) is 6.97. The Morgan fingerprint density at radius 3 is 2.39 bits per heavy atom. The van der Waals surface area contributed by atoms with Gasteiger partial charge in [0.05, 0.1) is 19.1 Å². The fourth-order valence-corrected chi connectivity index (χ4v) is 1.59. The molecule has 1 aromatic rings. The summed E-state index contributed by atoms with van der Waals surface area (Å²) in [6, 6.07) is 9.08. The summed E-state index contributed by atoms with van der Waals surface area (Å²) in [5.41, 5.74) is 1.48. The molecule has 2 atom stereocenters. The molecule has 1 aromatic carbocycles. The Hall–Kier alpha value is -1.61. The van der Waals surface area contributed by atoms with Crippen LogP contribution in [-0.4, -0.2) is 41.6 Å². The first-order chi connectivity index (χ1) is 8.60. The molecule has 5 nitrogen and oxygen atoms in total. The van der Waals surface area contributed by atoms with Crippen molar-refractivity contribution in [3.05, 3.63) is 29.8 Å². The van der Waals surface area contributed by atoms with Gasteiger partial charge in [-0.1, -0.05) is 12.1 Å². The van der Waals surface area contributed by atoms with Crippen molar-refractivity contribution in [3.8, 4) is 6.07 Å². The summed E-state index contributed by atoms with van der Waals surface area (Å²) in [7, 11) is 1.88. The standard InChI is InChI=1S/C13H18N2O3/c1-15(8-2-7-14)11-5-3-10(4-6-11)13(18)12(17)9-16/h3-6,12-13,16-18H,2,8-9H2,1H3. The summed E-state index contributed by atoms with van der Waals surface area (Å²) in [5, 5.41) is 36.3. The lowest BCUT2D eigenvalue weighted by atomic mass is 10.0. The summed E-state index contributed by atoms with van der Waals surface area (Å²) in [6.07, 6.45) is -1.81. The molecule has 0 radical (unpaired) electrons. The molecule has 0 aliphatic carbocycles. The average Bonchev–Trinajstić information content (AvgIpc) is 2.43. The Balaban J connectivity index is 2.71. The third-order valence-corrected chi connectivity index (χ3v) is 2.79. The maximum Gasteiger partial charge on any atom is 0.107 e. The zero-order valence-corrected chi connectivity index (χ0v) is 10.3. The Kier molecular flexibility index (Phi) is 5.59. The van der Waals surface area contributed by atoms with Crippen LogP contribution in [0.25, 0.3) is 0 Å². The number of aliphatic hydroxyl groups is 3. The van der Waals surface area contributed by atoms with E-state index in [2.05, 4.69) is 6.07 Å². The third-order valence-electron chi connectivity index (χ3n) is 2.79. The first-order valence-corrected chi connectivity index (χ1v) is 5.75. The van der Waals surface area contributed by atoms with E-state index in [-0.39, 0.29) is 0 Å². The molecule has 0 fully saturated rings. The normalized spacial score (nSPS) is 13.7. The molecule has 0 heterocycles. The van der Waals surface area contributed by atoms with E-state index >= 15 is 0 Å². The van der Waals surface area contributed by atoms with Crippen LogP contribution in [-0.2, 0) is 0 Å². The van der Waals surface area contributed by atoms with Crippen molar-refractivity contribution in [2.24, 2.45) is 0 Å². The lowest BCUT2D eigenvalue weighted by Gasteiger charge is -2.20. The Labute approximate surface area is 107 Å². The van der Waals surface area contributed by atoms with E-state index in [1.165, 1.54) is 0 Å². The van der Waals surface area contributed by atoms with Crippen LogP contribution in [0.5, 0.6) is 0 Å². The van der Waals surface area contributed by atoms with Gasteiger partial charge in [-0.2, -0.15) is 5.26 Å². The molecule has 2 unspecified atom stereocenters. The topological polar surface area (TPSA) is 87.7 Å². The van der Waals surface area contributed by atoms with Gasteiger partial charge in [0.2, 0.25) is 0 Å². The highest BCUT2D eigenvalue weighted by molar-refractivity contribution is 5.47. The van der Waals surface area contributed by atoms with Crippen molar-refractivity contribution in [1.82, 2.24) is 0 Å². The number of nitrogens with zero attached hydrogens (tertiary/aromatic N) is 2. The second-order valence-electron chi connectivity index (χ2n) is 4.12. The molecule has 0 spiro atoms. The van der Waals surface area contributed by atoms with Crippen molar-refractivity contribution < 1.29 is 15.3 Å². The zero-order valence-electron chi connectivity index (χ0n) is 10.3. The van der Waals surface area contributed by atoms with Gasteiger partial charge in [-0.05, 0) is 17.7 Å². The highest BCUT2D eigenvalue weighted by Gasteiger charge is 2.17. The van der Waals surface area contributed by atoms with E-state index in [1.807, 2.05) is 11.9 Å². The number of rotatable bonds is 6. The fourth-order valence-electron chi connectivity index (χ4n) is 1.59. The van der Waals surface area contributed by atoms with Crippen LogP contribution in [0, 0.1) is 11.3 Å². The minimum absolute atomic E-state index is 0.449. The highest BCUT2D eigenvalue weighted by Crippen LogP contribution is 2.20. The molecule has 1 rings (SSSR count). The number of anilines is 1. The lowest BCUT2D eigenvalue weighted by Crippen LogP contribution is -2.22. The molecule has 3 N–H and O–H groups in total. The highest BCUT2D eigenvalue weighted by atomic mass is 16.4. The first kappa shape index (κ1) is 14.5. The minimum atomic E-state index is -1.17. The number of hydrogen-bond donors (Lipinski definition) is 3. The smallest absolute Gasteiger partial charge is 0.107 e. The number of aliphatic hydroxyl groups excluding tert-OH is 3. The molecule has 0 aliphatic rings. The van der Waals surface area contributed by atoms with Crippen molar-refractivity contribution in [2.45, 2.75) is 18.6 Å². The van der Waals surface area contributed by atoms with E-state index < -0.39 is 18.8 Å². The Morgan fingerprint density at radius 1 is 1.28 bits per heavy atom. The van der Waals surface area contributed by atoms with Crippen LogP contribution >= 0.6 is 0 Å². The minimum Gasteiger partial charge on any atom is -0.394 e. The van der Waals surface area contributed by atoms with Crippen LogP contribution < -0.4 is 4.90 Å². The van der Waals surface area contributed by atoms with Gasteiger partial charge < -0.3 is 20.2 Å². The molecule has 0 amide bonds. The number of benzene rings is 1. The maximum absolute atomic E-state index is 9.69. The van der Waals surface area contributed by atoms with Crippen LogP contribution in [0.15, 0.2) is 24.3 Å². The van der Waals surface area contributed by atoms with Crippen molar-refractivity contribution in [1.29, 1.82) is 5.26 Å². The molecule has 0 saturated heterocycles. The van der Waals surface area contributed by atoms with Gasteiger partial charge in [-0.3, -0.25) is 0 Å². The predicted molar refractivity (Wildman–Crippen MR) is 68.0 cm³/mol. The van der Waals surface area contributed by atoms with E-state index in [0.29, 0.717) is 18.5 Å². The second-order valence-corrected chi connectivity index (χ2v) is 4.12. The van der Waals surface area contributed by atoms with Gasteiger partial charge in [-0.25, -0.2) is 0 Å². The monoisotopic (exact) mass is 250 g/mol. The SMILES string of the molecule is CN(CCC#N)c1ccc(C(O)C(O)CO)cc1. The van der Waals surface area contributed by atoms with Gasteiger partial charge in [0.25, 0.3) is 0 Å². The lowest BCUT2D eigenvalue weighted by molar-refractivity contribution is -0.0152. The molecular weight excluding hydrogens is 232 g/mol. The first-order valence-electron chi connectivity index (χ1n) is 5.75. The quantitative estimate of drug-likeness (QED) is 0.681. The van der Waals surface area contributed by atoms with E-state index in [4.69, 9.17) is 10.4 Å². The van der Waals surface area contributed by atoms with Crippen molar-refractivity contribution >= 4 is 5.69 Å². The third kappa shape index (κ3) is 3.70. The largest absolute Gasteiger partial charge is 0.394 e. The van der Waals surface area contributed by atoms with Crippen molar-refractivity contribution in [2.75, 3.05) is 25.1 Å². The molecule has 5 heteroatoms. The van der Waals surface area contributed by atoms with Gasteiger partial charge >= 0.3 is 0 Å². The van der Waals surface area contributed by atoms with E-state index in [0.717, 1.165) is 5.69 Å². The molecule has 18 heavy (non-hydrogen) atoms.